The maximum Gasteiger partial charge on any atom is 0.274 e. The molecule has 1 aliphatic heterocycles. The van der Waals surface area contributed by atoms with Gasteiger partial charge in [0.15, 0.2) is 0 Å². The molecule has 3 rings (SSSR count). The summed E-state index contributed by atoms with van der Waals surface area (Å²) in [6.45, 7) is 1.54. The topological polar surface area (TPSA) is 71.5 Å². The third-order valence-electron chi connectivity index (χ3n) is 3.96. The zero-order valence-corrected chi connectivity index (χ0v) is 13.5. The number of likely N-dealkylation sites (tertiary alicyclic amines) is 1. The zero-order chi connectivity index (χ0) is 16.9. The van der Waals surface area contributed by atoms with Gasteiger partial charge in [0.1, 0.15) is 11.4 Å². The molecule has 0 spiro atoms. The lowest BCUT2D eigenvalue weighted by molar-refractivity contribution is 0.0792. The SMILES string of the molecule is COc1cccc(NC(=O)c2cc(C(=O)N3CCCC3)ccn2)c1. The summed E-state index contributed by atoms with van der Waals surface area (Å²) in [4.78, 5) is 30.7. The molecule has 24 heavy (non-hydrogen) atoms. The number of carbonyl (C=O) groups excluding carboxylic acids is 2. The van der Waals surface area contributed by atoms with E-state index in [1.54, 1.807) is 42.3 Å². The normalized spacial score (nSPS) is 13.6. The molecule has 0 aliphatic carbocycles. The van der Waals surface area contributed by atoms with E-state index in [0.717, 1.165) is 25.9 Å². The van der Waals surface area contributed by atoms with Gasteiger partial charge in [-0.25, -0.2) is 0 Å². The Labute approximate surface area is 140 Å². The average Bonchev–Trinajstić information content (AvgIpc) is 3.16. The van der Waals surface area contributed by atoms with E-state index in [-0.39, 0.29) is 17.5 Å². The molecule has 0 radical (unpaired) electrons. The van der Waals surface area contributed by atoms with Gasteiger partial charge >= 0.3 is 0 Å². The number of aromatic nitrogens is 1. The van der Waals surface area contributed by atoms with Crippen molar-refractivity contribution in [3.05, 3.63) is 53.9 Å². The molecule has 124 valence electrons. The summed E-state index contributed by atoms with van der Waals surface area (Å²) in [7, 11) is 1.57. The Morgan fingerprint density at radius 2 is 1.96 bits per heavy atom. The largest absolute Gasteiger partial charge is 0.497 e. The third-order valence-corrected chi connectivity index (χ3v) is 3.96. The molecular weight excluding hydrogens is 306 g/mol. The van der Waals surface area contributed by atoms with Crippen LogP contribution in [-0.4, -0.2) is 41.9 Å². The second kappa shape index (κ2) is 7.12. The van der Waals surface area contributed by atoms with Gasteiger partial charge in [-0.15, -0.1) is 0 Å². The third kappa shape index (κ3) is 3.53. The second-order valence-corrected chi connectivity index (χ2v) is 5.62. The van der Waals surface area contributed by atoms with Crippen LogP contribution in [0, 0.1) is 0 Å². The first-order valence-electron chi connectivity index (χ1n) is 7.88. The minimum absolute atomic E-state index is 0.0506. The van der Waals surface area contributed by atoms with Crippen molar-refractivity contribution in [3.8, 4) is 5.75 Å². The highest BCUT2D eigenvalue weighted by atomic mass is 16.5. The Morgan fingerprint density at radius 3 is 2.71 bits per heavy atom. The monoisotopic (exact) mass is 325 g/mol. The van der Waals surface area contributed by atoms with Crippen molar-refractivity contribution in [2.45, 2.75) is 12.8 Å². The summed E-state index contributed by atoms with van der Waals surface area (Å²) in [5.41, 5.74) is 1.31. The van der Waals surface area contributed by atoms with E-state index in [2.05, 4.69) is 10.3 Å². The van der Waals surface area contributed by atoms with Crippen LogP contribution in [0.4, 0.5) is 5.69 Å². The smallest absolute Gasteiger partial charge is 0.274 e. The first kappa shape index (κ1) is 16.0. The highest BCUT2D eigenvalue weighted by Crippen LogP contribution is 2.18. The molecule has 1 aliphatic rings. The van der Waals surface area contributed by atoms with Crippen molar-refractivity contribution >= 4 is 17.5 Å². The Hall–Kier alpha value is -2.89. The van der Waals surface area contributed by atoms with Gasteiger partial charge in [-0.05, 0) is 37.1 Å². The highest BCUT2D eigenvalue weighted by molar-refractivity contribution is 6.04. The number of rotatable bonds is 4. The van der Waals surface area contributed by atoms with Gasteiger partial charge in [0, 0.05) is 36.6 Å². The molecule has 0 saturated carbocycles. The summed E-state index contributed by atoms with van der Waals surface area (Å²) < 4.78 is 5.13. The van der Waals surface area contributed by atoms with Gasteiger partial charge in [-0.2, -0.15) is 0 Å². The molecule has 6 heteroatoms. The lowest BCUT2D eigenvalue weighted by atomic mass is 10.2. The summed E-state index contributed by atoms with van der Waals surface area (Å²) in [5, 5.41) is 2.76. The lowest BCUT2D eigenvalue weighted by Gasteiger charge is -2.15. The zero-order valence-electron chi connectivity index (χ0n) is 13.5. The molecule has 0 atom stereocenters. The molecule has 1 aromatic carbocycles. The fourth-order valence-electron chi connectivity index (χ4n) is 2.69. The maximum atomic E-state index is 12.4. The van der Waals surface area contributed by atoms with E-state index in [4.69, 9.17) is 4.74 Å². The number of hydrogen-bond acceptors (Lipinski definition) is 4. The predicted molar refractivity (Wildman–Crippen MR) is 90.3 cm³/mol. The van der Waals surface area contributed by atoms with Crippen molar-refractivity contribution in [1.29, 1.82) is 0 Å². The molecule has 1 fully saturated rings. The summed E-state index contributed by atoms with van der Waals surface area (Å²) in [5.74, 6) is 0.239. The minimum atomic E-state index is -0.362. The molecule has 2 aromatic rings. The fourth-order valence-corrected chi connectivity index (χ4v) is 2.69. The number of amides is 2. The van der Waals surface area contributed by atoms with Crippen LogP contribution in [0.15, 0.2) is 42.6 Å². The molecular formula is C18H19N3O3. The number of methoxy groups -OCH3 is 1. The van der Waals surface area contributed by atoms with E-state index >= 15 is 0 Å². The average molecular weight is 325 g/mol. The van der Waals surface area contributed by atoms with Crippen molar-refractivity contribution in [1.82, 2.24) is 9.88 Å². The minimum Gasteiger partial charge on any atom is -0.497 e. The van der Waals surface area contributed by atoms with Crippen LogP contribution in [0.25, 0.3) is 0 Å². The lowest BCUT2D eigenvalue weighted by Crippen LogP contribution is -2.28. The molecule has 1 saturated heterocycles. The van der Waals surface area contributed by atoms with Crippen LogP contribution < -0.4 is 10.1 Å². The number of pyridine rings is 1. The maximum absolute atomic E-state index is 12.4. The Balaban J connectivity index is 1.75. The van der Waals surface area contributed by atoms with Gasteiger partial charge in [0.05, 0.1) is 7.11 Å². The molecule has 6 nitrogen and oxygen atoms in total. The van der Waals surface area contributed by atoms with Crippen molar-refractivity contribution in [2.24, 2.45) is 0 Å². The quantitative estimate of drug-likeness (QED) is 0.938. The number of hydrogen-bond donors (Lipinski definition) is 1. The number of nitrogens with zero attached hydrogens (tertiary/aromatic N) is 2. The summed E-state index contributed by atoms with van der Waals surface area (Å²) in [6.07, 6.45) is 3.55. The number of nitrogens with one attached hydrogen (secondary N) is 1. The Morgan fingerprint density at radius 1 is 1.17 bits per heavy atom. The van der Waals surface area contributed by atoms with Crippen molar-refractivity contribution in [3.63, 3.8) is 0 Å². The number of carbonyl (C=O) groups is 2. The van der Waals surface area contributed by atoms with E-state index in [9.17, 15) is 9.59 Å². The van der Waals surface area contributed by atoms with Gasteiger partial charge in [0.25, 0.3) is 11.8 Å². The Bertz CT molecular complexity index is 755. The summed E-state index contributed by atoms with van der Waals surface area (Å²) in [6, 6.07) is 10.2. The molecule has 0 unspecified atom stereocenters. The van der Waals surface area contributed by atoms with E-state index in [0.29, 0.717) is 17.0 Å². The standard InChI is InChI=1S/C18H19N3O3/c1-24-15-6-4-5-14(12-15)20-17(22)16-11-13(7-8-19-16)18(23)21-9-2-3-10-21/h4-8,11-12H,2-3,9-10H2,1H3,(H,20,22). The molecule has 2 heterocycles. The van der Waals surface area contributed by atoms with E-state index in [1.165, 1.54) is 12.3 Å². The number of benzene rings is 1. The van der Waals surface area contributed by atoms with Gasteiger partial charge in [-0.1, -0.05) is 6.07 Å². The first-order chi connectivity index (χ1) is 11.7. The van der Waals surface area contributed by atoms with Crippen LogP contribution in [0.2, 0.25) is 0 Å². The van der Waals surface area contributed by atoms with Crippen LogP contribution in [0.5, 0.6) is 5.75 Å². The van der Waals surface area contributed by atoms with Crippen molar-refractivity contribution in [2.75, 3.05) is 25.5 Å². The first-order valence-corrected chi connectivity index (χ1v) is 7.88. The van der Waals surface area contributed by atoms with Crippen LogP contribution in [-0.2, 0) is 0 Å². The number of anilines is 1. The van der Waals surface area contributed by atoms with Gasteiger partial charge in [0.2, 0.25) is 0 Å². The Kier molecular flexibility index (Phi) is 4.74. The van der Waals surface area contributed by atoms with Gasteiger partial charge < -0.3 is 15.0 Å². The molecule has 2 amide bonds. The highest BCUT2D eigenvalue weighted by Gasteiger charge is 2.20. The molecule has 0 bridgehead atoms. The number of ether oxygens (including phenoxy) is 1. The van der Waals surface area contributed by atoms with Crippen LogP contribution >= 0.6 is 0 Å². The van der Waals surface area contributed by atoms with Crippen LogP contribution in [0.1, 0.15) is 33.7 Å². The van der Waals surface area contributed by atoms with E-state index in [1.807, 2.05) is 0 Å². The van der Waals surface area contributed by atoms with Gasteiger partial charge in [-0.3, -0.25) is 14.6 Å². The van der Waals surface area contributed by atoms with E-state index < -0.39 is 0 Å². The molecule has 1 N–H and O–H groups in total. The molecule has 1 aromatic heterocycles. The van der Waals surface area contributed by atoms with Crippen molar-refractivity contribution < 1.29 is 14.3 Å². The predicted octanol–water partition coefficient (Wildman–Crippen LogP) is 2.58. The summed E-state index contributed by atoms with van der Waals surface area (Å²) >= 11 is 0. The second-order valence-electron chi connectivity index (χ2n) is 5.62. The fraction of sp³-hybridized carbons (Fsp3) is 0.278. The van der Waals surface area contributed by atoms with Crippen LogP contribution in [0.3, 0.4) is 0 Å².